The summed E-state index contributed by atoms with van der Waals surface area (Å²) in [4.78, 5) is 13.5. The molecule has 1 saturated heterocycles. The van der Waals surface area contributed by atoms with E-state index in [0.29, 0.717) is 0 Å². The molecule has 1 aliphatic heterocycles. The van der Waals surface area contributed by atoms with Crippen LogP contribution in [0, 0.1) is 0 Å². The van der Waals surface area contributed by atoms with Crippen LogP contribution in [0.2, 0.25) is 0 Å². The molecule has 7 heteroatoms. The van der Waals surface area contributed by atoms with Crippen molar-refractivity contribution in [2.24, 2.45) is 0 Å². The lowest BCUT2D eigenvalue weighted by atomic mass is 10.0. The van der Waals surface area contributed by atoms with Crippen LogP contribution in [0.15, 0.2) is 29.2 Å². The van der Waals surface area contributed by atoms with Crippen molar-refractivity contribution < 1.29 is 18.3 Å². The molecule has 21 heavy (non-hydrogen) atoms. The molecular formula is C14H20N2O4S. The predicted octanol–water partition coefficient (Wildman–Crippen LogP) is 1.84. The van der Waals surface area contributed by atoms with Crippen molar-refractivity contribution in [2.75, 3.05) is 0 Å². The number of carboxylic acids is 1. The smallest absolute Gasteiger partial charge is 0.335 e. The molecule has 1 aromatic carbocycles. The minimum atomic E-state index is -3.77. The molecule has 0 aromatic heterocycles. The van der Waals surface area contributed by atoms with Gasteiger partial charge in [-0.05, 0) is 44.9 Å². The van der Waals surface area contributed by atoms with Crippen LogP contribution in [-0.2, 0) is 10.0 Å². The molecule has 1 aliphatic rings. The second-order valence-electron chi connectivity index (χ2n) is 5.46. The molecule has 0 radical (unpaired) electrons. The second kappa shape index (κ2) is 6.13. The van der Waals surface area contributed by atoms with Crippen molar-refractivity contribution in [3.05, 3.63) is 29.8 Å². The van der Waals surface area contributed by atoms with E-state index >= 15 is 0 Å². The number of piperidine rings is 1. The van der Waals surface area contributed by atoms with Crippen molar-refractivity contribution in [1.82, 2.24) is 9.84 Å². The highest BCUT2D eigenvalue weighted by atomic mass is 32.2. The summed E-state index contributed by atoms with van der Waals surface area (Å²) in [7, 11) is -3.77. The Kier molecular flexibility index (Phi) is 4.65. The molecule has 2 N–H and O–H groups in total. The maximum atomic E-state index is 12.4. The number of aromatic carboxylic acids is 1. The zero-order valence-corrected chi connectivity index (χ0v) is 12.9. The van der Waals surface area contributed by atoms with Crippen LogP contribution in [0.4, 0.5) is 0 Å². The van der Waals surface area contributed by atoms with Crippen LogP contribution in [0.25, 0.3) is 0 Å². The van der Waals surface area contributed by atoms with Gasteiger partial charge >= 0.3 is 5.97 Å². The normalized spacial score (nSPS) is 23.9. The summed E-state index contributed by atoms with van der Waals surface area (Å²) in [5.41, 5.74) is -0.0439. The molecule has 1 fully saturated rings. The van der Waals surface area contributed by atoms with Gasteiger partial charge in [-0.3, -0.25) is 0 Å². The first kappa shape index (κ1) is 15.9. The molecule has 6 nitrogen and oxygen atoms in total. The minimum absolute atomic E-state index is 0.0348. The van der Waals surface area contributed by atoms with Gasteiger partial charge in [-0.15, -0.1) is 4.83 Å². The van der Waals surface area contributed by atoms with Gasteiger partial charge in [0.05, 0.1) is 10.5 Å². The number of carboxylic acid groups (broad SMARTS) is 1. The number of carbonyl (C=O) groups is 1. The number of nitrogens with one attached hydrogen (secondary N) is 1. The minimum Gasteiger partial charge on any atom is -0.478 e. The molecule has 2 unspecified atom stereocenters. The number of hydrogen-bond donors (Lipinski definition) is 2. The summed E-state index contributed by atoms with van der Waals surface area (Å²) in [5.74, 6) is -1.15. The number of hydrogen-bond acceptors (Lipinski definition) is 4. The lowest BCUT2D eigenvalue weighted by molar-refractivity contribution is 0.0696. The first-order valence-electron chi connectivity index (χ1n) is 6.95. The molecular weight excluding hydrogens is 292 g/mol. The van der Waals surface area contributed by atoms with E-state index in [1.807, 2.05) is 13.8 Å². The zero-order valence-electron chi connectivity index (χ0n) is 12.1. The van der Waals surface area contributed by atoms with Gasteiger partial charge in [0.25, 0.3) is 10.0 Å². The van der Waals surface area contributed by atoms with Crippen LogP contribution in [0.3, 0.4) is 0 Å². The Labute approximate surface area is 124 Å². The largest absolute Gasteiger partial charge is 0.478 e. The molecule has 0 spiro atoms. The van der Waals surface area contributed by atoms with Crippen LogP contribution in [-0.4, -0.2) is 36.6 Å². The maximum Gasteiger partial charge on any atom is 0.335 e. The SMILES string of the molecule is CC1CCCC(C)N1NS(=O)(=O)c1cccc(C(=O)O)c1. The molecule has 0 aliphatic carbocycles. The van der Waals surface area contributed by atoms with E-state index in [9.17, 15) is 13.2 Å². The van der Waals surface area contributed by atoms with E-state index in [2.05, 4.69) is 4.83 Å². The molecule has 0 bridgehead atoms. The maximum absolute atomic E-state index is 12.4. The highest BCUT2D eigenvalue weighted by Gasteiger charge is 2.29. The zero-order chi connectivity index (χ0) is 15.6. The van der Waals surface area contributed by atoms with E-state index < -0.39 is 16.0 Å². The quantitative estimate of drug-likeness (QED) is 0.886. The molecule has 2 rings (SSSR count). The summed E-state index contributed by atoms with van der Waals surface area (Å²) < 4.78 is 24.8. The summed E-state index contributed by atoms with van der Waals surface area (Å²) in [5, 5.41) is 10.7. The topological polar surface area (TPSA) is 86.7 Å². The van der Waals surface area contributed by atoms with Gasteiger partial charge in [-0.25, -0.2) is 18.2 Å². The summed E-state index contributed by atoms with van der Waals surface area (Å²) in [6.45, 7) is 3.96. The predicted molar refractivity (Wildman–Crippen MR) is 78.3 cm³/mol. The van der Waals surface area contributed by atoms with Crippen molar-refractivity contribution in [2.45, 2.75) is 50.1 Å². The number of sulfonamides is 1. The van der Waals surface area contributed by atoms with Crippen LogP contribution in [0.1, 0.15) is 43.5 Å². The molecule has 0 saturated carbocycles. The van der Waals surface area contributed by atoms with E-state index in [1.165, 1.54) is 24.3 Å². The van der Waals surface area contributed by atoms with Gasteiger partial charge in [-0.2, -0.15) is 0 Å². The van der Waals surface area contributed by atoms with E-state index in [4.69, 9.17) is 5.11 Å². The summed E-state index contributed by atoms with van der Waals surface area (Å²) in [6, 6.07) is 5.60. The van der Waals surface area contributed by atoms with E-state index in [1.54, 1.807) is 5.01 Å². The summed E-state index contributed by atoms with van der Waals surface area (Å²) in [6.07, 6.45) is 2.94. The van der Waals surface area contributed by atoms with Crippen LogP contribution < -0.4 is 4.83 Å². The fourth-order valence-corrected chi connectivity index (χ4v) is 3.87. The molecule has 0 amide bonds. The summed E-state index contributed by atoms with van der Waals surface area (Å²) >= 11 is 0. The van der Waals surface area contributed by atoms with Gasteiger partial charge in [0, 0.05) is 12.1 Å². The van der Waals surface area contributed by atoms with Gasteiger partial charge < -0.3 is 5.11 Å². The molecule has 116 valence electrons. The third-order valence-corrected chi connectivity index (χ3v) is 5.14. The Bertz CT molecular complexity index is 620. The highest BCUT2D eigenvalue weighted by molar-refractivity contribution is 7.89. The Morgan fingerprint density at radius 1 is 1.29 bits per heavy atom. The van der Waals surface area contributed by atoms with Gasteiger partial charge in [-0.1, -0.05) is 12.5 Å². The number of rotatable bonds is 4. The van der Waals surface area contributed by atoms with Crippen molar-refractivity contribution >= 4 is 16.0 Å². The molecule has 1 aromatic rings. The first-order chi connectivity index (χ1) is 9.81. The highest BCUT2D eigenvalue weighted by Crippen LogP contribution is 2.22. The van der Waals surface area contributed by atoms with Gasteiger partial charge in [0.15, 0.2) is 0 Å². The molecule has 1 heterocycles. The van der Waals surface area contributed by atoms with Crippen LogP contribution in [0.5, 0.6) is 0 Å². The van der Waals surface area contributed by atoms with E-state index in [0.717, 1.165) is 19.3 Å². The first-order valence-corrected chi connectivity index (χ1v) is 8.44. The van der Waals surface area contributed by atoms with Crippen LogP contribution >= 0.6 is 0 Å². The monoisotopic (exact) mass is 312 g/mol. The lowest BCUT2D eigenvalue weighted by Crippen LogP contribution is -2.53. The van der Waals surface area contributed by atoms with E-state index in [-0.39, 0.29) is 22.5 Å². The fraction of sp³-hybridized carbons (Fsp3) is 0.500. The Balaban J connectivity index is 2.25. The number of benzene rings is 1. The third-order valence-electron chi connectivity index (χ3n) is 3.81. The Morgan fingerprint density at radius 3 is 2.48 bits per heavy atom. The standard InChI is InChI=1S/C14H20N2O4S/c1-10-5-3-6-11(2)16(10)15-21(19,20)13-8-4-7-12(9-13)14(17)18/h4,7-11,15H,3,5-6H2,1-2H3,(H,17,18). The Morgan fingerprint density at radius 2 is 1.90 bits per heavy atom. The average Bonchev–Trinajstić information content (AvgIpc) is 2.43. The number of hydrazine groups is 1. The van der Waals surface area contributed by atoms with Gasteiger partial charge in [0.1, 0.15) is 0 Å². The van der Waals surface area contributed by atoms with Gasteiger partial charge in [0.2, 0.25) is 0 Å². The fourth-order valence-electron chi connectivity index (χ4n) is 2.59. The lowest BCUT2D eigenvalue weighted by Gasteiger charge is -2.38. The molecule has 2 atom stereocenters. The third kappa shape index (κ3) is 3.61. The number of nitrogens with zero attached hydrogens (tertiary/aromatic N) is 1. The van der Waals surface area contributed by atoms with Crippen molar-refractivity contribution in [3.63, 3.8) is 0 Å². The Hall–Kier alpha value is -1.44. The average molecular weight is 312 g/mol. The van der Waals surface area contributed by atoms with Crippen molar-refractivity contribution in [3.8, 4) is 0 Å². The van der Waals surface area contributed by atoms with Crippen molar-refractivity contribution in [1.29, 1.82) is 0 Å². The second-order valence-corrected chi connectivity index (χ2v) is 7.12.